The first-order valence-electron chi connectivity index (χ1n) is 11.7. The van der Waals surface area contributed by atoms with E-state index in [2.05, 4.69) is 11.9 Å². The maximum Gasteiger partial charge on any atom is 0.295 e. The number of aromatic hydroxyl groups is 1. The third kappa shape index (κ3) is 5.35. The van der Waals surface area contributed by atoms with Crippen molar-refractivity contribution in [1.29, 1.82) is 0 Å². The van der Waals surface area contributed by atoms with Crippen LogP contribution in [0.2, 0.25) is 0 Å². The quantitative estimate of drug-likeness (QED) is 0.197. The normalized spacial score (nSPS) is 17.1. The van der Waals surface area contributed by atoms with E-state index in [-0.39, 0.29) is 23.6 Å². The molecule has 35 heavy (non-hydrogen) atoms. The fourth-order valence-corrected chi connectivity index (χ4v) is 4.18. The van der Waals surface area contributed by atoms with Gasteiger partial charge in [0.2, 0.25) is 0 Å². The van der Waals surface area contributed by atoms with Crippen molar-refractivity contribution < 1.29 is 24.5 Å². The number of aliphatic hydroxyl groups excluding tert-OH is 1. The van der Waals surface area contributed by atoms with E-state index in [0.717, 1.165) is 24.8 Å². The number of aliphatic hydroxyl groups is 1. The van der Waals surface area contributed by atoms with Gasteiger partial charge in [-0.15, -0.1) is 0 Å². The number of amides is 1. The number of phenols is 1. The molecule has 180 valence electrons. The molecule has 2 heterocycles. The van der Waals surface area contributed by atoms with Gasteiger partial charge in [-0.2, -0.15) is 0 Å². The van der Waals surface area contributed by atoms with Gasteiger partial charge in [-0.1, -0.05) is 38.0 Å². The van der Waals surface area contributed by atoms with Crippen molar-refractivity contribution in [2.24, 2.45) is 0 Å². The van der Waals surface area contributed by atoms with Gasteiger partial charge in [-0.3, -0.25) is 14.6 Å². The lowest BCUT2D eigenvalue weighted by Crippen LogP contribution is -2.29. The summed E-state index contributed by atoms with van der Waals surface area (Å²) in [6, 6.07) is 15.8. The van der Waals surface area contributed by atoms with E-state index in [4.69, 9.17) is 4.74 Å². The number of ketones is 1. The summed E-state index contributed by atoms with van der Waals surface area (Å²) in [7, 11) is 0. The molecule has 2 N–H and O–H groups in total. The van der Waals surface area contributed by atoms with Crippen molar-refractivity contribution in [3.63, 3.8) is 0 Å². The first-order valence-corrected chi connectivity index (χ1v) is 11.7. The Morgan fingerprint density at radius 2 is 1.86 bits per heavy atom. The zero-order valence-electron chi connectivity index (χ0n) is 19.6. The van der Waals surface area contributed by atoms with Crippen LogP contribution in [0.1, 0.15) is 48.9 Å². The Bertz CT molecular complexity index is 1220. The second-order valence-electron chi connectivity index (χ2n) is 8.46. The smallest absolute Gasteiger partial charge is 0.295 e. The van der Waals surface area contributed by atoms with Crippen LogP contribution in [0.3, 0.4) is 0 Å². The van der Waals surface area contributed by atoms with E-state index < -0.39 is 17.7 Å². The topological polar surface area (TPSA) is 100.0 Å². The van der Waals surface area contributed by atoms with E-state index >= 15 is 0 Å². The molecular weight excluding hydrogens is 444 g/mol. The molecule has 1 unspecified atom stereocenters. The van der Waals surface area contributed by atoms with Gasteiger partial charge in [-0.25, -0.2) is 0 Å². The molecule has 0 aliphatic carbocycles. The van der Waals surface area contributed by atoms with Crippen molar-refractivity contribution in [2.45, 2.75) is 38.8 Å². The largest absolute Gasteiger partial charge is 0.508 e. The van der Waals surface area contributed by atoms with Crippen molar-refractivity contribution >= 4 is 17.4 Å². The number of hydrogen-bond donors (Lipinski definition) is 2. The highest BCUT2D eigenvalue weighted by Gasteiger charge is 2.46. The van der Waals surface area contributed by atoms with Gasteiger partial charge in [-0.05, 0) is 60.0 Å². The number of nitrogens with zero attached hydrogens (tertiary/aromatic N) is 2. The molecule has 0 bridgehead atoms. The molecule has 7 nitrogen and oxygen atoms in total. The zero-order chi connectivity index (χ0) is 24.8. The van der Waals surface area contributed by atoms with Crippen LogP contribution in [0.5, 0.6) is 11.5 Å². The van der Waals surface area contributed by atoms with Crippen LogP contribution in [0.15, 0.2) is 78.6 Å². The second-order valence-corrected chi connectivity index (χ2v) is 8.46. The maximum absolute atomic E-state index is 13.1. The molecule has 0 spiro atoms. The number of carbonyl (C=O) groups excluding carboxylic acids is 2. The first kappa shape index (κ1) is 24.0. The highest BCUT2D eigenvalue weighted by Crippen LogP contribution is 2.41. The Morgan fingerprint density at radius 1 is 1.06 bits per heavy atom. The zero-order valence-corrected chi connectivity index (χ0v) is 19.6. The molecule has 4 rings (SSSR count). The summed E-state index contributed by atoms with van der Waals surface area (Å²) in [5.41, 5.74) is 1.63. The molecule has 1 aliphatic rings. The minimum atomic E-state index is -0.868. The fourth-order valence-electron chi connectivity index (χ4n) is 4.18. The Labute approximate surface area is 204 Å². The van der Waals surface area contributed by atoms with Crippen LogP contribution in [-0.2, 0) is 16.1 Å². The Kier molecular flexibility index (Phi) is 7.45. The number of likely N-dealkylation sites (tertiary alicyclic amines) is 1. The molecular formula is C28H28N2O5. The standard InChI is InChI=1S/C28H28N2O5/c1-2-3-4-15-35-23-12-10-20(11-13-23)26(32)24-25(21-8-5-9-22(31)16-21)30(28(34)27(24)33)18-19-7-6-14-29-17-19/h5-14,16-17,25,31-32H,2-4,15,18H2,1H3/b26-24-. The van der Waals surface area contributed by atoms with E-state index in [1.54, 1.807) is 54.9 Å². The average Bonchev–Trinajstić information content (AvgIpc) is 3.12. The Morgan fingerprint density at radius 3 is 2.54 bits per heavy atom. The minimum absolute atomic E-state index is 0.000889. The van der Waals surface area contributed by atoms with Crippen molar-refractivity contribution in [1.82, 2.24) is 9.88 Å². The lowest BCUT2D eigenvalue weighted by Gasteiger charge is -2.25. The number of pyridine rings is 1. The van der Waals surface area contributed by atoms with Crippen LogP contribution in [-0.4, -0.2) is 38.4 Å². The van der Waals surface area contributed by atoms with Crippen LogP contribution in [0, 0.1) is 0 Å². The summed E-state index contributed by atoms with van der Waals surface area (Å²) in [4.78, 5) is 31.7. The monoisotopic (exact) mass is 472 g/mol. The summed E-state index contributed by atoms with van der Waals surface area (Å²) in [6.07, 6.45) is 6.41. The van der Waals surface area contributed by atoms with Gasteiger partial charge < -0.3 is 19.8 Å². The van der Waals surface area contributed by atoms with Gasteiger partial charge in [0.15, 0.2) is 0 Å². The molecule has 1 amide bonds. The van der Waals surface area contributed by atoms with E-state index in [1.807, 2.05) is 6.07 Å². The highest BCUT2D eigenvalue weighted by atomic mass is 16.5. The first-order chi connectivity index (χ1) is 17.0. The summed E-state index contributed by atoms with van der Waals surface area (Å²) in [5, 5.41) is 21.3. The SMILES string of the molecule is CCCCCOc1ccc(/C(O)=C2/C(=O)C(=O)N(Cc3cccnc3)C2c2cccc(O)c2)cc1. The third-order valence-electron chi connectivity index (χ3n) is 5.95. The molecule has 7 heteroatoms. The van der Waals surface area contributed by atoms with Gasteiger partial charge in [0.1, 0.15) is 17.3 Å². The van der Waals surface area contributed by atoms with Crippen molar-refractivity contribution in [2.75, 3.05) is 6.61 Å². The number of Topliss-reactive ketones (excluding diaryl/α,β-unsaturated/α-hetero) is 1. The van der Waals surface area contributed by atoms with Crippen LogP contribution in [0.25, 0.3) is 5.76 Å². The number of benzene rings is 2. The summed E-state index contributed by atoms with van der Waals surface area (Å²) in [5.74, 6) is -1.11. The molecule has 0 radical (unpaired) electrons. The number of unbranched alkanes of at least 4 members (excludes halogenated alkanes) is 2. The number of phenolic OH excluding ortho intramolecular Hbond substituents is 1. The molecule has 0 saturated carbocycles. The predicted molar refractivity (Wildman–Crippen MR) is 132 cm³/mol. The van der Waals surface area contributed by atoms with Gasteiger partial charge in [0.05, 0.1) is 18.2 Å². The molecule has 1 saturated heterocycles. The summed E-state index contributed by atoms with van der Waals surface area (Å²) < 4.78 is 5.73. The summed E-state index contributed by atoms with van der Waals surface area (Å²) >= 11 is 0. The predicted octanol–water partition coefficient (Wildman–Crippen LogP) is 4.98. The van der Waals surface area contributed by atoms with Gasteiger partial charge >= 0.3 is 0 Å². The number of rotatable bonds is 9. The second kappa shape index (κ2) is 10.9. The number of carbonyl (C=O) groups is 2. The molecule has 2 aromatic carbocycles. The molecule has 1 fully saturated rings. The fraction of sp³-hybridized carbons (Fsp3) is 0.250. The van der Waals surface area contributed by atoms with Crippen molar-refractivity contribution in [3.05, 3.63) is 95.3 Å². The van der Waals surface area contributed by atoms with Gasteiger partial charge in [0.25, 0.3) is 11.7 Å². The molecule has 3 aromatic rings. The number of aromatic nitrogens is 1. The van der Waals surface area contributed by atoms with Crippen molar-refractivity contribution in [3.8, 4) is 11.5 Å². The molecule has 1 aromatic heterocycles. The molecule has 1 aliphatic heterocycles. The van der Waals surface area contributed by atoms with Gasteiger partial charge in [0, 0.05) is 24.5 Å². The van der Waals surface area contributed by atoms with E-state index in [9.17, 15) is 19.8 Å². The number of ether oxygens (including phenoxy) is 1. The lowest BCUT2D eigenvalue weighted by molar-refractivity contribution is -0.140. The Hall–Kier alpha value is -4.13. The average molecular weight is 473 g/mol. The van der Waals surface area contributed by atoms with Crippen LogP contribution in [0.4, 0.5) is 0 Å². The minimum Gasteiger partial charge on any atom is -0.508 e. The highest BCUT2D eigenvalue weighted by molar-refractivity contribution is 6.46. The van der Waals surface area contributed by atoms with E-state index in [0.29, 0.717) is 23.5 Å². The maximum atomic E-state index is 13.1. The third-order valence-corrected chi connectivity index (χ3v) is 5.95. The lowest BCUT2D eigenvalue weighted by atomic mass is 9.95. The Balaban J connectivity index is 1.70. The van der Waals surface area contributed by atoms with E-state index in [1.165, 1.54) is 17.0 Å². The summed E-state index contributed by atoms with van der Waals surface area (Å²) in [6.45, 7) is 2.86. The number of hydrogen-bond acceptors (Lipinski definition) is 6. The van der Waals surface area contributed by atoms with Crippen LogP contribution >= 0.6 is 0 Å². The van der Waals surface area contributed by atoms with Crippen LogP contribution < -0.4 is 4.74 Å². The molecule has 1 atom stereocenters.